The summed E-state index contributed by atoms with van der Waals surface area (Å²) in [5.74, 6) is -0.0588. The number of carbonyl (C=O) groups excluding carboxylic acids is 1. The molecule has 1 saturated heterocycles. The summed E-state index contributed by atoms with van der Waals surface area (Å²) in [7, 11) is 0. The molecule has 3 aromatic rings. The van der Waals surface area contributed by atoms with Crippen LogP contribution < -0.4 is 15.1 Å². The van der Waals surface area contributed by atoms with Crippen molar-refractivity contribution in [2.24, 2.45) is 0 Å². The molecular weight excluding hydrogens is 333 g/mol. The minimum atomic E-state index is -0.216. The largest absolute Gasteiger partial charge is 0.451 e. The lowest BCUT2D eigenvalue weighted by atomic mass is 10.2. The van der Waals surface area contributed by atoms with Crippen molar-refractivity contribution in [1.29, 1.82) is 0 Å². The Bertz CT molecular complexity index is 866. The van der Waals surface area contributed by atoms with Gasteiger partial charge in [0, 0.05) is 11.1 Å². The van der Waals surface area contributed by atoms with E-state index in [-0.39, 0.29) is 11.7 Å². The summed E-state index contributed by atoms with van der Waals surface area (Å²) < 4.78 is 18.6. The highest BCUT2D eigenvalue weighted by Crippen LogP contribution is 2.18. The van der Waals surface area contributed by atoms with Crippen molar-refractivity contribution in [2.75, 3.05) is 37.7 Å². The van der Waals surface area contributed by atoms with Crippen molar-refractivity contribution < 1.29 is 18.5 Å². The number of piperazine rings is 1. The molecule has 134 valence electrons. The van der Waals surface area contributed by atoms with E-state index in [9.17, 15) is 9.18 Å². The average Bonchev–Trinajstić information content (AvgIpc) is 3.11. The summed E-state index contributed by atoms with van der Waals surface area (Å²) in [5, 5.41) is 3.88. The number of anilines is 1. The number of furan rings is 1. The van der Waals surface area contributed by atoms with E-state index >= 15 is 0 Å². The van der Waals surface area contributed by atoms with Crippen LogP contribution in [0.15, 0.2) is 59.0 Å². The van der Waals surface area contributed by atoms with Crippen molar-refractivity contribution in [3.8, 4) is 0 Å². The summed E-state index contributed by atoms with van der Waals surface area (Å²) >= 11 is 0. The molecule has 26 heavy (non-hydrogen) atoms. The molecule has 2 aromatic carbocycles. The molecule has 1 fully saturated rings. The molecule has 0 atom stereocenters. The number of benzene rings is 2. The minimum absolute atomic E-state index is 0.185. The van der Waals surface area contributed by atoms with Crippen LogP contribution in [0.2, 0.25) is 0 Å². The van der Waals surface area contributed by atoms with Gasteiger partial charge in [0.1, 0.15) is 11.4 Å². The van der Waals surface area contributed by atoms with E-state index in [0.29, 0.717) is 12.4 Å². The highest BCUT2D eigenvalue weighted by molar-refractivity contribution is 5.95. The molecule has 0 unspecified atom stereocenters. The van der Waals surface area contributed by atoms with E-state index in [1.165, 1.54) is 17.0 Å². The molecule has 0 aliphatic carbocycles. The van der Waals surface area contributed by atoms with Crippen LogP contribution in [-0.4, -0.2) is 38.8 Å². The summed E-state index contributed by atoms with van der Waals surface area (Å²) in [6.07, 6.45) is 0. The Morgan fingerprint density at radius 2 is 1.85 bits per heavy atom. The predicted octanol–water partition coefficient (Wildman–Crippen LogP) is 1.66. The molecule has 6 heteroatoms. The SMILES string of the molecule is O=C(NC[NH+]1CCN(c2ccc(F)cc2)CC1)c1cc2ccccc2o1. The van der Waals surface area contributed by atoms with Gasteiger partial charge in [-0.1, -0.05) is 18.2 Å². The quantitative estimate of drug-likeness (QED) is 0.749. The standard InChI is InChI=1S/C20H20FN3O2/c21-16-5-7-17(8-6-16)24-11-9-23(10-12-24)14-22-20(25)19-13-15-3-1-2-4-18(15)26-19/h1-8,13H,9-12,14H2,(H,22,25)/p+1. The maximum Gasteiger partial charge on any atom is 0.291 e. The predicted molar refractivity (Wildman–Crippen MR) is 97.9 cm³/mol. The Hall–Kier alpha value is -2.86. The van der Waals surface area contributed by atoms with Crippen LogP contribution in [0, 0.1) is 5.82 Å². The van der Waals surface area contributed by atoms with Gasteiger partial charge in [0.15, 0.2) is 12.4 Å². The van der Waals surface area contributed by atoms with Gasteiger partial charge in [0.25, 0.3) is 5.91 Å². The smallest absolute Gasteiger partial charge is 0.291 e. The van der Waals surface area contributed by atoms with Crippen molar-refractivity contribution in [1.82, 2.24) is 5.32 Å². The number of nitrogens with one attached hydrogen (secondary N) is 2. The molecule has 1 amide bonds. The number of halogens is 1. The Morgan fingerprint density at radius 1 is 1.12 bits per heavy atom. The van der Waals surface area contributed by atoms with Gasteiger partial charge < -0.3 is 19.5 Å². The molecule has 5 nitrogen and oxygen atoms in total. The number of nitrogens with zero attached hydrogens (tertiary/aromatic N) is 1. The molecule has 2 N–H and O–H groups in total. The third-order valence-electron chi connectivity index (χ3n) is 4.81. The van der Waals surface area contributed by atoms with E-state index in [1.807, 2.05) is 36.4 Å². The third kappa shape index (κ3) is 3.55. The van der Waals surface area contributed by atoms with Crippen LogP contribution in [0.25, 0.3) is 11.0 Å². The lowest BCUT2D eigenvalue weighted by molar-refractivity contribution is -0.902. The molecule has 0 bridgehead atoms. The maximum atomic E-state index is 13.0. The van der Waals surface area contributed by atoms with Gasteiger partial charge in [-0.2, -0.15) is 0 Å². The van der Waals surface area contributed by atoms with Crippen molar-refractivity contribution in [2.45, 2.75) is 0 Å². The van der Waals surface area contributed by atoms with Crippen molar-refractivity contribution >= 4 is 22.6 Å². The van der Waals surface area contributed by atoms with Gasteiger partial charge in [-0.3, -0.25) is 4.79 Å². The molecule has 1 aromatic heterocycles. The normalized spacial score (nSPS) is 15.3. The van der Waals surface area contributed by atoms with Gasteiger partial charge in [-0.05, 0) is 36.4 Å². The van der Waals surface area contributed by atoms with Gasteiger partial charge in [0.2, 0.25) is 0 Å². The zero-order chi connectivity index (χ0) is 17.9. The van der Waals surface area contributed by atoms with Gasteiger partial charge in [0.05, 0.1) is 26.2 Å². The van der Waals surface area contributed by atoms with E-state index < -0.39 is 0 Å². The van der Waals surface area contributed by atoms with Crippen LogP contribution in [0.4, 0.5) is 10.1 Å². The Kier molecular flexibility index (Phi) is 4.58. The number of carbonyl (C=O) groups is 1. The fraction of sp³-hybridized carbons (Fsp3) is 0.250. The minimum Gasteiger partial charge on any atom is -0.451 e. The van der Waals surface area contributed by atoms with E-state index in [4.69, 9.17) is 4.42 Å². The Morgan fingerprint density at radius 3 is 2.58 bits per heavy atom. The molecule has 0 saturated carbocycles. The molecule has 4 rings (SSSR count). The van der Waals surface area contributed by atoms with Gasteiger partial charge >= 0.3 is 0 Å². The van der Waals surface area contributed by atoms with Crippen molar-refractivity contribution in [3.05, 3.63) is 66.2 Å². The molecule has 1 aliphatic rings. The van der Waals surface area contributed by atoms with Crippen LogP contribution >= 0.6 is 0 Å². The summed E-state index contributed by atoms with van der Waals surface area (Å²) in [6, 6.07) is 16.0. The number of fused-ring (bicyclic) bond motifs is 1. The second-order valence-corrected chi connectivity index (χ2v) is 6.54. The molecular formula is C20H21FN3O2+. The van der Waals surface area contributed by atoms with E-state index in [1.54, 1.807) is 6.07 Å². The molecule has 1 aliphatic heterocycles. The number of para-hydroxylation sites is 1. The topological polar surface area (TPSA) is 49.9 Å². The number of rotatable bonds is 4. The van der Waals surface area contributed by atoms with Gasteiger partial charge in [-0.15, -0.1) is 0 Å². The first kappa shape index (κ1) is 16.6. The Balaban J connectivity index is 1.29. The zero-order valence-corrected chi connectivity index (χ0v) is 14.4. The second-order valence-electron chi connectivity index (χ2n) is 6.54. The first-order valence-corrected chi connectivity index (χ1v) is 8.80. The lowest BCUT2D eigenvalue weighted by Gasteiger charge is -2.33. The zero-order valence-electron chi connectivity index (χ0n) is 14.4. The number of amides is 1. The molecule has 0 spiro atoms. The van der Waals surface area contributed by atoms with Crippen LogP contribution in [0.3, 0.4) is 0 Å². The summed E-state index contributed by atoms with van der Waals surface area (Å²) in [6.45, 7) is 4.14. The summed E-state index contributed by atoms with van der Waals surface area (Å²) in [4.78, 5) is 15.9. The monoisotopic (exact) mass is 354 g/mol. The third-order valence-corrected chi connectivity index (χ3v) is 4.81. The van der Waals surface area contributed by atoms with Crippen LogP contribution in [-0.2, 0) is 0 Å². The number of quaternary nitrogens is 1. The van der Waals surface area contributed by atoms with Crippen LogP contribution in [0.1, 0.15) is 10.6 Å². The number of hydrogen-bond acceptors (Lipinski definition) is 3. The maximum absolute atomic E-state index is 13.0. The summed E-state index contributed by atoms with van der Waals surface area (Å²) in [5.41, 5.74) is 1.76. The highest BCUT2D eigenvalue weighted by Gasteiger charge is 2.21. The molecule has 0 radical (unpaired) electrons. The highest BCUT2D eigenvalue weighted by atomic mass is 19.1. The average molecular weight is 354 g/mol. The Labute approximate surface area is 151 Å². The fourth-order valence-corrected chi connectivity index (χ4v) is 3.30. The second kappa shape index (κ2) is 7.17. The first-order chi connectivity index (χ1) is 12.7. The van der Waals surface area contributed by atoms with Crippen molar-refractivity contribution in [3.63, 3.8) is 0 Å². The van der Waals surface area contributed by atoms with E-state index in [0.717, 1.165) is 42.8 Å². The first-order valence-electron chi connectivity index (χ1n) is 8.80. The molecule has 2 heterocycles. The fourth-order valence-electron chi connectivity index (χ4n) is 3.30. The lowest BCUT2D eigenvalue weighted by Crippen LogP contribution is -3.16. The van der Waals surface area contributed by atoms with Crippen LogP contribution in [0.5, 0.6) is 0 Å². The van der Waals surface area contributed by atoms with E-state index in [2.05, 4.69) is 10.2 Å². The van der Waals surface area contributed by atoms with Gasteiger partial charge in [-0.25, -0.2) is 4.39 Å². The number of hydrogen-bond donors (Lipinski definition) is 2.